The number of benzene rings is 1. The van der Waals surface area contributed by atoms with Crippen LogP contribution < -0.4 is 0 Å². The summed E-state index contributed by atoms with van der Waals surface area (Å²) in [7, 11) is 0. The third kappa shape index (κ3) is 9.19. The molecule has 0 nitrogen and oxygen atoms in total. The third-order valence-electron chi connectivity index (χ3n) is 3.91. The van der Waals surface area contributed by atoms with Crippen LogP contribution >= 0.6 is 34.8 Å². The van der Waals surface area contributed by atoms with Crippen LogP contribution in [0.25, 0.3) is 0 Å². The van der Waals surface area contributed by atoms with Crippen molar-refractivity contribution in [1.29, 1.82) is 0 Å². The molecular weight excluding hydrogens is 370 g/mol. The van der Waals surface area contributed by atoms with Crippen molar-refractivity contribution in [2.45, 2.75) is 77.6 Å². The molecule has 1 aromatic rings. The van der Waals surface area contributed by atoms with E-state index in [1.807, 2.05) is 12.1 Å². The summed E-state index contributed by atoms with van der Waals surface area (Å²) in [5.41, 5.74) is 1.12. The molecule has 1 rings (SSSR count). The predicted octanol–water partition coefficient (Wildman–Crippen LogP) is 8.11. The first-order valence-electron chi connectivity index (χ1n) is 8.29. The van der Waals surface area contributed by atoms with Gasteiger partial charge in [-0.2, -0.15) is 0 Å². The Morgan fingerprint density at radius 2 is 1.18 bits per heavy atom. The van der Waals surface area contributed by atoms with Crippen LogP contribution in [0.5, 0.6) is 0 Å². The fraction of sp³-hybridized carbons (Fsp3) is 0.667. The molecule has 1 aromatic carbocycles. The van der Waals surface area contributed by atoms with Crippen molar-refractivity contribution in [2.24, 2.45) is 0 Å². The van der Waals surface area contributed by atoms with E-state index in [4.69, 9.17) is 34.8 Å². The zero-order valence-electron chi connectivity index (χ0n) is 13.6. The molecule has 0 aliphatic carbocycles. The van der Waals surface area contributed by atoms with Crippen LogP contribution in [-0.4, -0.2) is 0 Å². The monoisotopic (exact) mass is 396 g/mol. The van der Waals surface area contributed by atoms with Gasteiger partial charge in [-0.15, -0.1) is 0 Å². The molecular formula is C18H27Cl3Ti+2. The zero-order valence-corrected chi connectivity index (χ0v) is 17.4. The Bertz CT molecular complexity index is 408. The fourth-order valence-electron chi connectivity index (χ4n) is 2.56. The van der Waals surface area contributed by atoms with E-state index in [1.54, 1.807) is 0 Å². The molecule has 0 amide bonds. The maximum atomic E-state index is 6.21. The van der Waals surface area contributed by atoms with Crippen LogP contribution in [0.4, 0.5) is 0 Å². The van der Waals surface area contributed by atoms with Crippen LogP contribution in [0.1, 0.15) is 76.7 Å². The van der Waals surface area contributed by atoms with Crippen LogP contribution in [0.3, 0.4) is 0 Å². The van der Waals surface area contributed by atoms with Gasteiger partial charge < -0.3 is 0 Å². The van der Waals surface area contributed by atoms with Gasteiger partial charge in [0.15, 0.2) is 0 Å². The molecule has 0 aromatic heterocycles. The van der Waals surface area contributed by atoms with Gasteiger partial charge in [0.25, 0.3) is 0 Å². The van der Waals surface area contributed by atoms with E-state index in [0.717, 1.165) is 12.0 Å². The molecule has 0 heterocycles. The smallest absolute Gasteiger partial charge is 0.0827 e. The molecule has 0 saturated heterocycles. The number of unbranched alkanes of at least 4 members (excludes halogenated alkanes) is 9. The summed E-state index contributed by atoms with van der Waals surface area (Å²) in [4.78, 5) is 0. The number of halogens is 3. The van der Waals surface area contributed by atoms with E-state index < -0.39 is 0 Å². The van der Waals surface area contributed by atoms with E-state index in [9.17, 15) is 0 Å². The van der Waals surface area contributed by atoms with Gasteiger partial charge in [-0.1, -0.05) is 106 Å². The number of hydrogen-bond acceptors (Lipinski definition) is 0. The Labute approximate surface area is 166 Å². The molecule has 0 radical (unpaired) electrons. The second-order valence-electron chi connectivity index (χ2n) is 5.77. The number of rotatable bonds is 11. The van der Waals surface area contributed by atoms with Gasteiger partial charge in [0, 0.05) is 0 Å². The maximum absolute atomic E-state index is 6.21. The summed E-state index contributed by atoms with van der Waals surface area (Å²) in [6.45, 7) is 2.26. The first-order valence-corrected chi connectivity index (χ1v) is 9.42. The van der Waals surface area contributed by atoms with Crippen molar-refractivity contribution in [3.05, 3.63) is 32.8 Å². The SMILES string of the molecule is CCCCCCCCCCCCc1ccc(Cl)c(Cl)c1Cl.[Ti+2]. The van der Waals surface area contributed by atoms with E-state index in [0.29, 0.717) is 15.1 Å². The zero-order chi connectivity index (χ0) is 15.5. The summed E-state index contributed by atoms with van der Waals surface area (Å²) >= 11 is 18.2. The summed E-state index contributed by atoms with van der Waals surface area (Å²) in [5.74, 6) is 0. The Hall–Kier alpha value is 0.804. The minimum atomic E-state index is 0. The summed E-state index contributed by atoms with van der Waals surface area (Å²) in [6.07, 6.45) is 14.5. The second-order valence-corrected chi connectivity index (χ2v) is 6.93. The summed E-state index contributed by atoms with van der Waals surface area (Å²) < 4.78 is 0. The van der Waals surface area contributed by atoms with Crippen molar-refractivity contribution in [2.75, 3.05) is 0 Å². The van der Waals surface area contributed by atoms with Crippen LogP contribution in [0, 0.1) is 0 Å². The molecule has 0 spiro atoms. The average Bonchev–Trinajstić information content (AvgIpc) is 2.49. The molecule has 0 saturated carbocycles. The molecule has 0 N–H and O–H groups in total. The molecule has 0 aliphatic rings. The van der Waals surface area contributed by atoms with E-state index in [1.165, 1.54) is 64.2 Å². The first-order chi connectivity index (χ1) is 10.2. The molecule has 0 aliphatic heterocycles. The molecule has 4 heteroatoms. The van der Waals surface area contributed by atoms with Crippen molar-refractivity contribution < 1.29 is 21.7 Å². The van der Waals surface area contributed by atoms with Gasteiger partial charge >= 0.3 is 21.7 Å². The third-order valence-corrected chi connectivity index (χ3v) is 5.25. The maximum Gasteiger partial charge on any atom is 2.00 e. The number of aryl methyl sites for hydroxylation is 1. The normalized spacial score (nSPS) is 10.5. The Balaban J connectivity index is 0.00000441. The van der Waals surface area contributed by atoms with Crippen LogP contribution in [0.15, 0.2) is 12.1 Å². The molecule has 0 atom stereocenters. The van der Waals surface area contributed by atoms with E-state index in [-0.39, 0.29) is 21.7 Å². The van der Waals surface area contributed by atoms with Crippen molar-refractivity contribution in [3.8, 4) is 0 Å². The summed E-state index contributed by atoms with van der Waals surface area (Å²) in [6, 6.07) is 3.83. The van der Waals surface area contributed by atoms with Gasteiger partial charge in [-0.25, -0.2) is 0 Å². The minimum absolute atomic E-state index is 0. The Morgan fingerprint density at radius 1 is 0.682 bits per heavy atom. The van der Waals surface area contributed by atoms with Gasteiger partial charge in [-0.3, -0.25) is 0 Å². The quantitative estimate of drug-likeness (QED) is 0.201. The largest absolute Gasteiger partial charge is 2.00 e. The van der Waals surface area contributed by atoms with Crippen molar-refractivity contribution in [3.63, 3.8) is 0 Å². The van der Waals surface area contributed by atoms with Gasteiger partial charge in [0.1, 0.15) is 0 Å². The van der Waals surface area contributed by atoms with Gasteiger partial charge in [-0.05, 0) is 24.5 Å². The second kappa shape index (κ2) is 14.2. The van der Waals surface area contributed by atoms with Crippen LogP contribution in [0.2, 0.25) is 15.1 Å². The topological polar surface area (TPSA) is 0 Å². The van der Waals surface area contributed by atoms with Crippen molar-refractivity contribution >= 4 is 34.8 Å². The molecule has 122 valence electrons. The van der Waals surface area contributed by atoms with E-state index in [2.05, 4.69) is 6.92 Å². The summed E-state index contributed by atoms with van der Waals surface area (Å²) in [5, 5.41) is 1.65. The molecule has 22 heavy (non-hydrogen) atoms. The molecule has 0 fully saturated rings. The van der Waals surface area contributed by atoms with Gasteiger partial charge in [0.05, 0.1) is 15.1 Å². The fourth-order valence-corrected chi connectivity index (χ4v) is 3.21. The number of hydrogen-bond donors (Lipinski definition) is 0. The standard InChI is InChI=1S/C18H27Cl3.Ti/c1-2-3-4-5-6-7-8-9-10-11-12-15-13-14-16(19)18(21)17(15)20;/h13-14H,2-12H2,1H3;/q;+2. The van der Waals surface area contributed by atoms with Crippen molar-refractivity contribution in [1.82, 2.24) is 0 Å². The van der Waals surface area contributed by atoms with Gasteiger partial charge in [0.2, 0.25) is 0 Å². The Morgan fingerprint density at radius 3 is 1.73 bits per heavy atom. The van der Waals surface area contributed by atoms with Crippen LogP contribution in [-0.2, 0) is 28.1 Å². The Kier molecular flexibility index (Phi) is 14.7. The first kappa shape index (κ1) is 22.8. The minimum Gasteiger partial charge on any atom is -0.0827 e. The molecule has 0 bridgehead atoms. The van der Waals surface area contributed by atoms with E-state index >= 15 is 0 Å². The predicted molar refractivity (Wildman–Crippen MR) is 97.0 cm³/mol. The average molecular weight is 398 g/mol. The molecule has 0 unspecified atom stereocenters.